The molecule has 15 heavy (non-hydrogen) atoms. The summed E-state index contributed by atoms with van der Waals surface area (Å²) in [5, 5.41) is 8.88. The van der Waals surface area contributed by atoms with E-state index >= 15 is 0 Å². The molecular formula is C8H11N3O3S. The van der Waals surface area contributed by atoms with E-state index in [2.05, 4.69) is 4.98 Å². The molecule has 1 saturated heterocycles. The van der Waals surface area contributed by atoms with Crippen molar-refractivity contribution >= 4 is 17.6 Å². The van der Waals surface area contributed by atoms with Gasteiger partial charge in [-0.1, -0.05) is 0 Å². The second kappa shape index (κ2) is 4.21. The maximum Gasteiger partial charge on any atom is 0.352 e. The normalized spacial score (nSPS) is 25.7. The van der Waals surface area contributed by atoms with Crippen molar-refractivity contribution in [3.63, 3.8) is 0 Å². The quantitative estimate of drug-likeness (QED) is 0.704. The summed E-state index contributed by atoms with van der Waals surface area (Å²) in [7, 11) is 0. The number of hydrogen-bond donors (Lipinski definition) is 2. The molecule has 0 spiro atoms. The lowest BCUT2D eigenvalue weighted by Gasteiger charge is -2.12. The first-order chi connectivity index (χ1) is 7.20. The summed E-state index contributed by atoms with van der Waals surface area (Å²) in [6, 6.07) is 1.54. The van der Waals surface area contributed by atoms with Crippen molar-refractivity contribution in [1.82, 2.24) is 9.55 Å². The molecule has 3 N–H and O–H groups in total. The van der Waals surface area contributed by atoms with E-state index < -0.39 is 11.2 Å². The molecule has 1 aliphatic heterocycles. The van der Waals surface area contributed by atoms with E-state index in [-0.39, 0.29) is 18.5 Å². The lowest BCUT2D eigenvalue weighted by atomic mass is 10.4. The summed E-state index contributed by atoms with van der Waals surface area (Å²) >= 11 is 1.45. The number of aliphatic hydroxyl groups is 1. The van der Waals surface area contributed by atoms with Crippen molar-refractivity contribution in [3.05, 3.63) is 22.7 Å². The molecule has 82 valence electrons. The first kappa shape index (κ1) is 10.5. The molecule has 1 fully saturated rings. The molecule has 1 aromatic heterocycles. The van der Waals surface area contributed by atoms with Gasteiger partial charge in [-0.25, -0.2) is 4.79 Å². The highest BCUT2D eigenvalue weighted by atomic mass is 32.2. The number of rotatable bonds is 2. The van der Waals surface area contributed by atoms with Crippen LogP contribution in [0.15, 0.2) is 17.1 Å². The first-order valence-corrected chi connectivity index (χ1v) is 5.48. The molecule has 6 nitrogen and oxygen atoms in total. The van der Waals surface area contributed by atoms with Crippen molar-refractivity contribution in [2.45, 2.75) is 11.7 Å². The Labute approximate surface area is 90.1 Å². The molecule has 2 rings (SSSR count). The SMILES string of the molecule is Nc1ccn([C@@H]2O[C@H](CO)CS2)c(=O)n1. The van der Waals surface area contributed by atoms with Crippen LogP contribution in [0.5, 0.6) is 0 Å². The van der Waals surface area contributed by atoms with Gasteiger partial charge in [0, 0.05) is 11.9 Å². The predicted molar refractivity (Wildman–Crippen MR) is 56.4 cm³/mol. The molecule has 7 heteroatoms. The van der Waals surface area contributed by atoms with E-state index in [1.165, 1.54) is 22.4 Å². The number of nitrogens with zero attached hydrogens (tertiary/aromatic N) is 2. The van der Waals surface area contributed by atoms with Crippen LogP contribution >= 0.6 is 11.8 Å². The molecule has 0 aromatic carbocycles. The molecule has 1 aliphatic rings. The first-order valence-electron chi connectivity index (χ1n) is 4.43. The third kappa shape index (κ3) is 2.14. The fourth-order valence-electron chi connectivity index (χ4n) is 1.26. The van der Waals surface area contributed by atoms with E-state index in [9.17, 15) is 4.79 Å². The molecule has 0 amide bonds. The van der Waals surface area contributed by atoms with Crippen LogP contribution in [0.3, 0.4) is 0 Å². The number of nitrogen functional groups attached to an aromatic ring is 1. The predicted octanol–water partition coefficient (Wildman–Crippen LogP) is -0.594. The van der Waals surface area contributed by atoms with Gasteiger partial charge in [0.15, 0.2) is 5.56 Å². The van der Waals surface area contributed by atoms with Crippen LogP contribution in [-0.2, 0) is 4.74 Å². The third-order valence-electron chi connectivity index (χ3n) is 2.02. The number of aliphatic hydroxyl groups excluding tert-OH is 1. The number of aromatic nitrogens is 2. The maximum absolute atomic E-state index is 11.4. The summed E-state index contributed by atoms with van der Waals surface area (Å²) < 4.78 is 6.77. The van der Waals surface area contributed by atoms with E-state index in [0.717, 1.165) is 0 Å². The Morgan fingerprint density at radius 3 is 3.20 bits per heavy atom. The number of hydrogen-bond acceptors (Lipinski definition) is 6. The average molecular weight is 229 g/mol. The van der Waals surface area contributed by atoms with E-state index in [4.69, 9.17) is 15.6 Å². The zero-order chi connectivity index (χ0) is 10.8. The van der Waals surface area contributed by atoms with Gasteiger partial charge >= 0.3 is 5.69 Å². The van der Waals surface area contributed by atoms with E-state index in [0.29, 0.717) is 5.75 Å². The molecule has 1 aromatic rings. The van der Waals surface area contributed by atoms with Gasteiger partial charge < -0.3 is 15.6 Å². The monoisotopic (exact) mass is 229 g/mol. The van der Waals surface area contributed by atoms with Crippen LogP contribution in [0, 0.1) is 0 Å². The Balaban J connectivity index is 2.20. The zero-order valence-corrected chi connectivity index (χ0v) is 8.68. The van der Waals surface area contributed by atoms with Gasteiger partial charge in [-0.05, 0) is 6.07 Å². The Bertz CT molecular complexity index is 408. The van der Waals surface area contributed by atoms with E-state index in [1.54, 1.807) is 6.20 Å². The van der Waals surface area contributed by atoms with Crippen molar-refractivity contribution in [3.8, 4) is 0 Å². The lowest BCUT2D eigenvalue weighted by Crippen LogP contribution is -2.27. The molecule has 2 heterocycles. The van der Waals surface area contributed by atoms with Crippen LogP contribution in [0.25, 0.3) is 0 Å². The third-order valence-corrected chi connectivity index (χ3v) is 3.20. The Morgan fingerprint density at radius 1 is 1.80 bits per heavy atom. The summed E-state index contributed by atoms with van der Waals surface area (Å²) in [5.74, 6) is 0.857. The van der Waals surface area contributed by atoms with E-state index in [1.807, 2.05) is 0 Å². The molecule has 2 atom stereocenters. The van der Waals surface area contributed by atoms with Crippen LogP contribution in [0.4, 0.5) is 5.82 Å². The Kier molecular flexibility index (Phi) is 2.94. The maximum atomic E-state index is 11.4. The van der Waals surface area contributed by atoms with Crippen molar-refractivity contribution in [1.29, 1.82) is 0 Å². The molecular weight excluding hydrogens is 218 g/mol. The molecule has 0 radical (unpaired) electrons. The smallest absolute Gasteiger partial charge is 0.352 e. The molecule has 0 saturated carbocycles. The zero-order valence-electron chi connectivity index (χ0n) is 7.87. The Hall–Kier alpha value is -1.05. The fourth-order valence-corrected chi connectivity index (χ4v) is 2.38. The highest BCUT2D eigenvalue weighted by Crippen LogP contribution is 2.32. The fraction of sp³-hybridized carbons (Fsp3) is 0.500. The number of nitrogens with two attached hydrogens (primary N) is 1. The minimum atomic E-state index is -0.439. The highest BCUT2D eigenvalue weighted by Gasteiger charge is 2.27. The minimum absolute atomic E-state index is 0.0410. The Morgan fingerprint density at radius 2 is 2.60 bits per heavy atom. The molecule has 0 bridgehead atoms. The van der Waals surface area contributed by atoms with Crippen LogP contribution in [0.1, 0.15) is 5.56 Å². The van der Waals surface area contributed by atoms with Gasteiger partial charge in [0.05, 0.1) is 12.7 Å². The largest absolute Gasteiger partial charge is 0.394 e. The van der Waals surface area contributed by atoms with Crippen LogP contribution in [-0.4, -0.2) is 33.1 Å². The van der Waals surface area contributed by atoms with Crippen LogP contribution < -0.4 is 11.4 Å². The second-order valence-electron chi connectivity index (χ2n) is 3.12. The topological polar surface area (TPSA) is 90.4 Å². The van der Waals surface area contributed by atoms with Crippen molar-refractivity contribution in [2.75, 3.05) is 18.1 Å². The number of ether oxygens (including phenoxy) is 1. The number of thioether (sulfide) groups is 1. The van der Waals surface area contributed by atoms with Crippen molar-refractivity contribution < 1.29 is 9.84 Å². The second-order valence-corrected chi connectivity index (χ2v) is 4.19. The van der Waals surface area contributed by atoms with Crippen LogP contribution in [0.2, 0.25) is 0 Å². The summed E-state index contributed by atoms with van der Waals surface area (Å²) in [6.07, 6.45) is 1.33. The molecule has 0 aliphatic carbocycles. The summed E-state index contributed by atoms with van der Waals surface area (Å²) in [5.41, 5.74) is 4.51. The summed E-state index contributed by atoms with van der Waals surface area (Å²) in [6.45, 7) is -0.0410. The molecule has 0 unspecified atom stereocenters. The number of anilines is 1. The summed E-state index contributed by atoms with van der Waals surface area (Å²) in [4.78, 5) is 15.0. The van der Waals surface area contributed by atoms with Crippen molar-refractivity contribution in [2.24, 2.45) is 0 Å². The van der Waals surface area contributed by atoms with Gasteiger partial charge in [-0.3, -0.25) is 4.57 Å². The standard InChI is InChI=1S/C8H11N3O3S/c9-6-1-2-11(7(13)10-6)8-14-5(3-12)4-15-8/h1-2,5,8,12H,3-4H2,(H2,9,10,13)/t5-,8-/m1/s1. The minimum Gasteiger partial charge on any atom is -0.394 e. The van der Waals surface area contributed by atoms with Gasteiger partial charge in [-0.2, -0.15) is 4.98 Å². The van der Waals surface area contributed by atoms with Gasteiger partial charge in [0.1, 0.15) is 5.82 Å². The average Bonchev–Trinajstić information content (AvgIpc) is 2.66. The van der Waals surface area contributed by atoms with Gasteiger partial charge in [-0.15, -0.1) is 11.8 Å². The van der Waals surface area contributed by atoms with Gasteiger partial charge in [0.2, 0.25) is 0 Å². The lowest BCUT2D eigenvalue weighted by molar-refractivity contribution is -0.00312. The van der Waals surface area contributed by atoms with Gasteiger partial charge in [0.25, 0.3) is 0 Å². The highest BCUT2D eigenvalue weighted by molar-refractivity contribution is 7.99.